The van der Waals surface area contributed by atoms with Crippen molar-refractivity contribution in [3.05, 3.63) is 46.7 Å². The van der Waals surface area contributed by atoms with E-state index < -0.39 is 0 Å². The number of pyridine rings is 1. The summed E-state index contributed by atoms with van der Waals surface area (Å²) in [5.41, 5.74) is 0.588. The predicted octanol–water partition coefficient (Wildman–Crippen LogP) is 2.21. The highest BCUT2D eigenvalue weighted by atomic mass is 79.9. The molecule has 9 heteroatoms. The predicted molar refractivity (Wildman–Crippen MR) is 96.3 cm³/mol. The number of carbonyl (C=O) groups is 1. The van der Waals surface area contributed by atoms with E-state index in [1.807, 2.05) is 22.7 Å². The van der Waals surface area contributed by atoms with Crippen molar-refractivity contribution < 1.29 is 4.79 Å². The van der Waals surface area contributed by atoms with Gasteiger partial charge in [-0.1, -0.05) is 0 Å². The molecule has 1 aliphatic heterocycles. The lowest BCUT2D eigenvalue weighted by molar-refractivity contribution is 0.0620. The fourth-order valence-corrected chi connectivity index (χ4v) is 2.94. The third kappa shape index (κ3) is 4.23. The molecule has 1 aliphatic rings. The molecule has 3 rings (SSSR count). The zero-order valence-corrected chi connectivity index (χ0v) is 15.7. The minimum atomic E-state index is -0.0646. The number of rotatable bonds is 2. The highest BCUT2D eigenvalue weighted by molar-refractivity contribution is 9.10. The topological polar surface area (TPSA) is 63.1 Å². The first-order chi connectivity index (χ1) is 10.2. The molecule has 2 aromatic heterocycles. The molecule has 1 saturated heterocycles. The Kier molecular flexibility index (Phi) is 7.47. The molecular formula is C14H18BrCl2N5O. The van der Waals surface area contributed by atoms with Crippen LogP contribution in [0, 0.1) is 0 Å². The van der Waals surface area contributed by atoms with E-state index in [-0.39, 0.29) is 36.8 Å². The van der Waals surface area contributed by atoms with Crippen molar-refractivity contribution in [1.82, 2.24) is 24.8 Å². The molecule has 126 valence electrons. The number of hydrogen-bond donors (Lipinski definition) is 1. The van der Waals surface area contributed by atoms with Crippen LogP contribution in [0.5, 0.6) is 0 Å². The van der Waals surface area contributed by atoms with Gasteiger partial charge < -0.3 is 14.8 Å². The molecule has 6 nitrogen and oxygen atoms in total. The van der Waals surface area contributed by atoms with Crippen molar-refractivity contribution in [3.8, 4) is 0 Å². The number of nitrogens with one attached hydrogen (secondary N) is 1. The van der Waals surface area contributed by atoms with Gasteiger partial charge in [-0.2, -0.15) is 0 Å². The fourth-order valence-electron chi connectivity index (χ4n) is 2.57. The first kappa shape index (κ1) is 19.9. The van der Waals surface area contributed by atoms with Gasteiger partial charge in [0.05, 0.1) is 5.56 Å². The van der Waals surface area contributed by atoms with Crippen LogP contribution in [-0.4, -0.2) is 45.0 Å². The Hall–Kier alpha value is -1.15. The van der Waals surface area contributed by atoms with Crippen LogP contribution in [0.25, 0.3) is 0 Å². The summed E-state index contributed by atoms with van der Waals surface area (Å²) in [5.74, 6) is 0.872. The number of aryl methyl sites for hydroxylation is 1. The van der Waals surface area contributed by atoms with Gasteiger partial charge in [0.15, 0.2) is 0 Å². The van der Waals surface area contributed by atoms with Gasteiger partial charge in [0.1, 0.15) is 11.9 Å². The third-order valence-corrected chi connectivity index (χ3v) is 4.05. The van der Waals surface area contributed by atoms with E-state index in [0.717, 1.165) is 16.8 Å². The number of imidazole rings is 1. The summed E-state index contributed by atoms with van der Waals surface area (Å²) in [6.45, 7) is 2.15. The Balaban J connectivity index is 0.00000132. The van der Waals surface area contributed by atoms with E-state index in [9.17, 15) is 4.79 Å². The standard InChI is InChI=1S/C14H16BrN5O.2ClH/c1-19-4-3-18-13(19)12-9-16-2-5-20(12)14(21)10-6-11(15)8-17-7-10;;/h3-4,6-8,12,16H,2,5,9H2,1H3;2*1H. The van der Waals surface area contributed by atoms with Crippen LogP contribution in [-0.2, 0) is 7.05 Å². The maximum Gasteiger partial charge on any atom is 0.256 e. The second kappa shape index (κ2) is 8.63. The molecule has 2 aromatic rings. The highest BCUT2D eigenvalue weighted by Crippen LogP contribution is 2.23. The summed E-state index contributed by atoms with van der Waals surface area (Å²) in [6, 6.07) is 1.73. The van der Waals surface area contributed by atoms with Gasteiger partial charge in [0, 0.05) is 55.9 Å². The molecule has 1 unspecified atom stereocenters. The molecule has 0 bridgehead atoms. The summed E-state index contributed by atoms with van der Waals surface area (Å²) < 4.78 is 2.76. The lowest BCUT2D eigenvalue weighted by atomic mass is 10.1. The van der Waals surface area contributed by atoms with Crippen LogP contribution >= 0.6 is 40.7 Å². The molecule has 23 heavy (non-hydrogen) atoms. The molecule has 1 N–H and O–H groups in total. The Morgan fingerprint density at radius 2 is 2.17 bits per heavy atom. The Morgan fingerprint density at radius 3 is 2.83 bits per heavy atom. The first-order valence-corrected chi connectivity index (χ1v) is 7.55. The van der Waals surface area contributed by atoms with Gasteiger partial charge in [-0.3, -0.25) is 9.78 Å². The number of halogens is 3. The number of piperazine rings is 1. The first-order valence-electron chi connectivity index (χ1n) is 6.76. The molecule has 3 heterocycles. The van der Waals surface area contributed by atoms with Gasteiger partial charge in [-0.25, -0.2) is 4.98 Å². The van der Waals surface area contributed by atoms with Crippen LogP contribution in [0.3, 0.4) is 0 Å². The Labute approximate surface area is 155 Å². The Morgan fingerprint density at radius 1 is 1.39 bits per heavy atom. The van der Waals surface area contributed by atoms with Gasteiger partial charge >= 0.3 is 0 Å². The van der Waals surface area contributed by atoms with Crippen LogP contribution in [0.1, 0.15) is 22.2 Å². The summed E-state index contributed by atoms with van der Waals surface area (Å²) in [6.07, 6.45) is 6.93. The van der Waals surface area contributed by atoms with E-state index in [4.69, 9.17) is 0 Å². The molecule has 0 aliphatic carbocycles. The number of carbonyl (C=O) groups excluding carboxylic acids is 1. The number of nitrogens with zero attached hydrogens (tertiary/aromatic N) is 4. The van der Waals surface area contributed by atoms with Crippen molar-refractivity contribution in [1.29, 1.82) is 0 Å². The molecule has 0 aromatic carbocycles. The average molecular weight is 423 g/mol. The monoisotopic (exact) mass is 421 g/mol. The number of hydrogen-bond acceptors (Lipinski definition) is 4. The summed E-state index contributed by atoms with van der Waals surface area (Å²) in [4.78, 5) is 23.1. The van der Waals surface area contributed by atoms with E-state index in [1.54, 1.807) is 24.7 Å². The highest BCUT2D eigenvalue weighted by Gasteiger charge is 2.31. The largest absolute Gasteiger partial charge is 0.336 e. The average Bonchev–Trinajstić information content (AvgIpc) is 2.92. The molecule has 1 fully saturated rings. The molecule has 0 radical (unpaired) electrons. The van der Waals surface area contributed by atoms with Crippen LogP contribution in [0.2, 0.25) is 0 Å². The van der Waals surface area contributed by atoms with Gasteiger partial charge in [-0.05, 0) is 22.0 Å². The molecule has 0 saturated carbocycles. The lowest BCUT2D eigenvalue weighted by Gasteiger charge is -2.35. The van der Waals surface area contributed by atoms with Gasteiger partial charge in [-0.15, -0.1) is 24.8 Å². The summed E-state index contributed by atoms with van der Waals surface area (Å²) in [7, 11) is 1.94. The zero-order valence-electron chi connectivity index (χ0n) is 12.5. The van der Waals surface area contributed by atoms with Crippen molar-refractivity contribution in [3.63, 3.8) is 0 Å². The van der Waals surface area contributed by atoms with Crippen molar-refractivity contribution >= 4 is 46.7 Å². The second-order valence-electron chi connectivity index (χ2n) is 5.01. The third-order valence-electron chi connectivity index (χ3n) is 3.61. The molecule has 0 spiro atoms. The van der Waals surface area contributed by atoms with E-state index in [0.29, 0.717) is 18.7 Å². The molecule has 1 atom stereocenters. The van der Waals surface area contributed by atoms with Gasteiger partial charge in [0.25, 0.3) is 5.91 Å². The summed E-state index contributed by atoms with van der Waals surface area (Å²) >= 11 is 3.36. The van der Waals surface area contributed by atoms with E-state index in [1.165, 1.54) is 0 Å². The van der Waals surface area contributed by atoms with Crippen molar-refractivity contribution in [2.75, 3.05) is 19.6 Å². The van der Waals surface area contributed by atoms with Crippen LogP contribution < -0.4 is 5.32 Å². The fraction of sp³-hybridized carbons (Fsp3) is 0.357. The quantitative estimate of drug-likeness (QED) is 0.805. The minimum absolute atomic E-state index is 0. The van der Waals surface area contributed by atoms with Crippen LogP contribution in [0.15, 0.2) is 35.3 Å². The zero-order chi connectivity index (χ0) is 14.8. The maximum absolute atomic E-state index is 12.8. The molecule has 1 amide bonds. The van der Waals surface area contributed by atoms with E-state index >= 15 is 0 Å². The number of aromatic nitrogens is 3. The van der Waals surface area contributed by atoms with Crippen molar-refractivity contribution in [2.24, 2.45) is 7.05 Å². The summed E-state index contributed by atoms with van der Waals surface area (Å²) in [5, 5.41) is 3.33. The SMILES string of the molecule is Cl.Cl.Cn1ccnc1C1CNCCN1C(=O)c1cncc(Br)c1. The van der Waals surface area contributed by atoms with Crippen LogP contribution in [0.4, 0.5) is 0 Å². The maximum atomic E-state index is 12.8. The Bertz CT molecular complexity index is 666. The lowest BCUT2D eigenvalue weighted by Crippen LogP contribution is -2.49. The number of amides is 1. The minimum Gasteiger partial charge on any atom is -0.336 e. The van der Waals surface area contributed by atoms with E-state index in [2.05, 4.69) is 31.2 Å². The smallest absolute Gasteiger partial charge is 0.256 e. The van der Waals surface area contributed by atoms with Crippen molar-refractivity contribution in [2.45, 2.75) is 6.04 Å². The second-order valence-corrected chi connectivity index (χ2v) is 5.92. The normalized spacial score (nSPS) is 17.1. The molecular weight excluding hydrogens is 405 g/mol. The van der Waals surface area contributed by atoms with Gasteiger partial charge in [0.2, 0.25) is 0 Å².